The van der Waals surface area contributed by atoms with Crippen LogP contribution in [0.1, 0.15) is 16.2 Å². The third kappa shape index (κ3) is 3.34. The highest BCUT2D eigenvalue weighted by molar-refractivity contribution is 7.90. The molecule has 0 fully saturated rings. The van der Waals surface area contributed by atoms with Gasteiger partial charge in [0.25, 0.3) is 0 Å². The molecular weight excluding hydrogens is 296 g/mol. The first kappa shape index (κ1) is 14.9. The molecule has 0 atom stereocenters. The molecular formula is C13H12N2O5S. The molecule has 0 aliphatic rings. The fraction of sp³-hybridized carbons (Fsp3) is 0.154. The number of carbonyl (C=O) groups is 1. The summed E-state index contributed by atoms with van der Waals surface area (Å²) in [6.45, 7) is 0. The van der Waals surface area contributed by atoms with Crippen molar-refractivity contribution in [2.45, 2.75) is 10.6 Å². The zero-order valence-electron chi connectivity index (χ0n) is 11.1. The summed E-state index contributed by atoms with van der Waals surface area (Å²) in [4.78, 5) is 18.7. The molecule has 110 valence electrons. The molecule has 0 bridgehead atoms. The Hall–Kier alpha value is -2.48. The number of aromatic carboxylic acids is 1. The smallest absolute Gasteiger partial charge is 0.339 e. The van der Waals surface area contributed by atoms with Gasteiger partial charge in [-0.1, -0.05) is 0 Å². The highest BCUT2D eigenvalue weighted by Gasteiger charge is 2.21. The van der Waals surface area contributed by atoms with Gasteiger partial charge in [-0.3, -0.25) is 0 Å². The van der Waals surface area contributed by atoms with Crippen LogP contribution in [0.5, 0.6) is 5.75 Å². The normalized spacial score (nSPS) is 11.1. The molecule has 21 heavy (non-hydrogen) atoms. The van der Waals surface area contributed by atoms with E-state index in [1.54, 1.807) is 6.07 Å². The molecule has 1 aromatic heterocycles. The average Bonchev–Trinajstić information content (AvgIpc) is 2.47. The first-order chi connectivity index (χ1) is 9.94. The van der Waals surface area contributed by atoms with E-state index in [0.29, 0.717) is 0 Å². The molecule has 1 N–H and O–H groups in total. The maximum atomic E-state index is 12.3. The highest BCUT2D eigenvalue weighted by atomic mass is 32.2. The standard InChI is InChI=1S/C13H12N2O5S/c1-20-11-4-3-9(7-10(11)13(16)17)21(18,19)8-12-14-5-2-6-15-12/h2-7H,8H2,1H3,(H,16,17). The van der Waals surface area contributed by atoms with E-state index in [4.69, 9.17) is 9.84 Å². The van der Waals surface area contributed by atoms with E-state index in [2.05, 4.69) is 9.97 Å². The molecule has 0 amide bonds. The van der Waals surface area contributed by atoms with Crippen LogP contribution in [-0.2, 0) is 15.6 Å². The lowest BCUT2D eigenvalue weighted by molar-refractivity contribution is 0.0693. The topological polar surface area (TPSA) is 106 Å². The van der Waals surface area contributed by atoms with Crippen molar-refractivity contribution in [1.82, 2.24) is 9.97 Å². The number of carboxylic acids is 1. The summed E-state index contributed by atoms with van der Waals surface area (Å²) in [7, 11) is -2.42. The summed E-state index contributed by atoms with van der Waals surface area (Å²) in [5.74, 6) is -1.43. The SMILES string of the molecule is COc1ccc(S(=O)(=O)Cc2ncccn2)cc1C(=O)O. The summed E-state index contributed by atoms with van der Waals surface area (Å²) < 4.78 is 29.4. The molecule has 0 aliphatic heterocycles. The lowest BCUT2D eigenvalue weighted by Crippen LogP contribution is -2.09. The summed E-state index contributed by atoms with van der Waals surface area (Å²) in [6.07, 6.45) is 2.88. The summed E-state index contributed by atoms with van der Waals surface area (Å²) in [5.41, 5.74) is -0.215. The number of sulfone groups is 1. The number of ether oxygens (including phenoxy) is 1. The minimum Gasteiger partial charge on any atom is -0.496 e. The second kappa shape index (κ2) is 5.88. The molecule has 2 aromatic rings. The Morgan fingerprint density at radius 3 is 2.52 bits per heavy atom. The van der Waals surface area contributed by atoms with E-state index in [9.17, 15) is 13.2 Å². The van der Waals surface area contributed by atoms with Gasteiger partial charge in [0, 0.05) is 12.4 Å². The maximum Gasteiger partial charge on any atom is 0.339 e. The van der Waals surface area contributed by atoms with Gasteiger partial charge in [-0.15, -0.1) is 0 Å². The van der Waals surface area contributed by atoms with Gasteiger partial charge in [0.05, 0.1) is 12.0 Å². The van der Waals surface area contributed by atoms with Crippen LogP contribution in [0.15, 0.2) is 41.6 Å². The van der Waals surface area contributed by atoms with Crippen molar-refractivity contribution in [3.63, 3.8) is 0 Å². The number of rotatable bonds is 5. The number of benzene rings is 1. The third-order valence-electron chi connectivity index (χ3n) is 2.70. The summed E-state index contributed by atoms with van der Waals surface area (Å²) in [5, 5.41) is 9.08. The predicted molar refractivity (Wildman–Crippen MR) is 72.9 cm³/mol. The van der Waals surface area contributed by atoms with Crippen LogP contribution in [0.25, 0.3) is 0 Å². The van der Waals surface area contributed by atoms with Crippen LogP contribution in [0.4, 0.5) is 0 Å². The zero-order valence-corrected chi connectivity index (χ0v) is 11.9. The summed E-state index contributed by atoms with van der Waals surface area (Å²) in [6, 6.07) is 5.25. The third-order valence-corrected chi connectivity index (χ3v) is 4.31. The molecule has 1 heterocycles. The van der Waals surface area contributed by atoms with E-state index in [1.807, 2.05) is 0 Å². The van der Waals surface area contributed by atoms with E-state index >= 15 is 0 Å². The molecule has 2 rings (SSSR count). The van der Waals surface area contributed by atoms with Crippen LogP contribution in [-0.4, -0.2) is 36.6 Å². The number of nitrogens with zero attached hydrogens (tertiary/aromatic N) is 2. The highest BCUT2D eigenvalue weighted by Crippen LogP contribution is 2.24. The lowest BCUT2D eigenvalue weighted by atomic mass is 10.2. The Labute approximate surface area is 121 Å². The Morgan fingerprint density at radius 1 is 1.29 bits per heavy atom. The Kier molecular flexibility index (Phi) is 4.18. The number of carboxylic acid groups (broad SMARTS) is 1. The minimum absolute atomic E-state index is 0.0948. The van der Waals surface area contributed by atoms with Gasteiger partial charge in [-0.2, -0.15) is 0 Å². The fourth-order valence-electron chi connectivity index (χ4n) is 1.71. The van der Waals surface area contributed by atoms with E-state index in [-0.39, 0.29) is 22.0 Å². The molecule has 0 saturated heterocycles. The number of hydrogen-bond acceptors (Lipinski definition) is 6. The molecule has 0 aliphatic carbocycles. The Balaban J connectivity index is 2.41. The summed E-state index contributed by atoms with van der Waals surface area (Å²) >= 11 is 0. The maximum absolute atomic E-state index is 12.3. The van der Waals surface area contributed by atoms with Gasteiger partial charge in [0.2, 0.25) is 0 Å². The van der Waals surface area contributed by atoms with Gasteiger partial charge in [-0.25, -0.2) is 23.2 Å². The first-order valence-electron chi connectivity index (χ1n) is 5.84. The molecule has 0 spiro atoms. The fourth-order valence-corrected chi connectivity index (χ4v) is 2.93. The molecule has 0 radical (unpaired) electrons. The van der Waals surface area contributed by atoms with Gasteiger partial charge in [0.15, 0.2) is 9.84 Å². The van der Waals surface area contributed by atoms with Crippen molar-refractivity contribution in [1.29, 1.82) is 0 Å². The van der Waals surface area contributed by atoms with Crippen LogP contribution in [0.2, 0.25) is 0 Å². The molecule has 7 nitrogen and oxygen atoms in total. The predicted octanol–water partition coefficient (Wildman–Crippen LogP) is 1.16. The first-order valence-corrected chi connectivity index (χ1v) is 7.49. The average molecular weight is 308 g/mol. The monoisotopic (exact) mass is 308 g/mol. The second-order valence-corrected chi connectivity index (χ2v) is 6.08. The van der Waals surface area contributed by atoms with E-state index < -0.39 is 21.6 Å². The minimum atomic E-state index is -3.74. The van der Waals surface area contributed by atoms with Gasteiger partial charge in [0.1, 0.15) is 22.9 Å². The van der Waals surface area contributed by atoms with Crippen LogP contribution in [0.3, 0.4) is 0 Å². The van der Waals surface area contributed by atoms with Crippen LogP contribution < -0.4 is 4.74 Å². The Bertz CT molecular complexity index is 759. The quantitative estimate of drug-likeness (QED) is 0.883. The molecule has 1 aromatic carbocycles. The van der Waals surface area contributed by atoms with E-state index in [0.717, 1.165) is 6.07 Å². The van der Waals surface area contributed by atoms with Crippen LogP contribution >= 0.6 is 0 Å². The van der Waals surface area contributed by atoms with Crippen molar-refractivity contribution >= 4 is 15.8 Å². The van der Waals surface area contributed by atoms with Gasteiger partial charge >= 0.3 is 5.97 Å². The second-order valence-electron chi connectivity index (χ2n) is 4.09. The van der Waals surface area contributed by atoms with Crippen molar-refractivity contribution in [2.75, 3.05) is 7.11 Å². The number of methoxy groups -OCH3 is 1. The largest absolute Gasteiger partial charge is 0.496 e. The molecule has 8 heteroatoms. The zero-order chi connectivity index (χ0) is 15.5. The number of hydrogen-bond donors (Lipinski definition) is 1. The Morgan fingerprint density at radius 2 is 1.95 bits per heavy atom. The molecule has 0 saturated carbocycles. The van der Waals surface area contributed by atoms with Crippen molar-refractivity contribution in [3.05, 3.63) is 48.0 Å². The van der Waals surface area contributed by atoms with Crippen LogP contribution in [0, 0.1) is 0 Å². The lowest BCUT2D eigenvalue weighted by Gasteiger charge is -2.08. The van der Waals surface area contributed by atoms with Crippen molar-refractivity contribution in [2.24, 2.45) is 0 Å². The van der Waals surface area contributed by atoms with Crippen molar-refractivity contribution in [3.8, 4) is 5.75 Å². The van der Waals surface area contributed by atoms with Crippen molar-refractivity contribution < 1.29 is 23.1 Å². The molecule has 0 unspecified atom stereocenters. The van der Waals surface area contributed by atoms with Gasteiger partial charge in [-0.05, 0) is 24.3 Å². The van der Waals surface area contributed by atoms with Gasteiger partial charge < -0.3 is 9.84 Å². The number of aromatic nitrogens is 2. The van der Waals surface area contributed by atoms with E-state index in [1.165, 1.54) is 31.6 Å².